The van der Waals surface area contributed by atoms with E-state index in [4.69, 9.17) is 14.2 Å². The lowest BCUT2D eigenvalue weighted by atomic mass is 9.95. The van der Waals surface area contributed by atoms with Crippen molar-refractivity contribution in [2.75, 3.05) is 25.8 Å². The van der Waals surface area contributed by atoms with Crippen LogP contribution in [-0.4, -0.2) is 50.5 Å². The quantitative estimate of drug-likeness (QED) is 0.579. The predicted octanol–water partition coefficient (Wildman–Crippen LogP) is 0.756. The number of benzene rings is 1. The largest absolute Gasteiger partial charge is 0.468 e. The van der Waals surface area contributed by atoms with Crippen LogP contribution >= 0.6 is 0 Å². The van der Waals surface area contributed by atoms with Gasteiger partial charge in [-0.05, 0) is 19.1 Å². The number of hydrogen-bond donors (Lipinski definition) is 0. The number of ether oxygens (including phenoxy) is 3. The SMILES string of the molecule is CCOC(=O)C1=NN(c2ccccc2)C(C(=O)OC)[C@@H]1C(=O)OC. The van der Waals surface area contributed by atoms with Crippen molar-refractivity contribution in [3.05, 3.63) is 30.3 Å². The highest BCUT2D eigenvalue weighted by molar-refractivity contribution is 6.42. The average Bonchev–Trinajstić information content (AvgIpc) is 3.02. The molecule has 0 spiro atoms. The molecule has 8 heteroatoms. The molecule has 0 bridgehead atoms. The van der Waals surface area contributed by atoms with Gasteiger partial charge in [0.15, 0.2) is 11.8 Å². The van der Waals surface area contributed by atoms with Crippen LogP contribution in [0.15, 0.2) is 35.4 Å². The van der Waals surface area contributed by atoms with Crippen molar-refractivity contribution in [3.63, 3.8) is 0 Å². The van der Waals surface area contributed by atoms with Crippen LogP contribution in [0.1, 0.15) is 6.92 Å². The summed E-state index contributed by atoms with van der Waals surface area (Å²) in [4.78, 5) is 36.6. The number of nitrogens with zero attached hydrogens (tertiary/aromatic N) is 2. The van der Waals surface area contributed by atoms with Crippen LogP contribution in [0, 0.1) is 5.92 Å². The lowest BCUT2D eigenvalue weighted by Crippen LogP contribution is -2.46. The molecule has 1 aliphatic heterocycles. The first kappa shape index (κ1) is 17.5. The van der Waals surface area contributed by atoms with E-state index in [9.17, 15) is 14.4 Å². The van der Waals surface area contributed by atoms with Crippen LogP contribution in [0.25, 0.3) is 0 Å². The van der Waals surface area contributed by atoms with E-state index in [-0.39, 0.29) is 12.3 Å². The van der Waals surface area contributed by atoms with Gasteiger partial charge in [-0.25, -0.2) is 14.6 Å². The Hall–Kier alpha value is -2.90. The van der Waals surface area contributed by atoms with Crippen molar-refractivity contribution < 1.29 is 28.6 Å². The standard InChI is InChI=1S/C16H18N2O6/c1-4-24-15(20)12-11(14(19)22-2)13(16(21)23-3)18(17-12)10-8-6-5-7-9-10/h5-9,11,13H,4H2,1-3H3/t11-,13?/m1/s1. The monoisotopic (exact) mass is 334 g/mol. The fraction of sp³-hybridized carbons (Fsp3) is 0.375. The van der Waals surface area contributed by atoms with Crippen LogP contribution in [0.3, 0.4) is 0 Å². The van der Waals surface area contributed by atoms with Crippen LogP contribution in [0.5, 0.6) is 0 Å². The highest BCUT2D eigenvalue weighted by Crippen LogP contribution is 2.30. The maximum Gasteiger partial charge on any atom is 0.355 e. The molecule has 0 amide bonds. The highest BCUT2D eigenvalue weighted by Gasteiger charge is 2.51. The Morgan fingerprint density at radius 1 is 1.08 bits per heavy atom. The molecule has 0 N–H and O–H groups in total. The first-order valence-corrected chi connectivity index (χ1v) is 7.30. The Balaban J connectivity index is 2.52. The molecular formula is C16H18N2O6. The van der Waals surface area contributed by atoms with E-state index in [1.54, 1.807) is 37.3 Å². The van der Waals surface area contributed by atoms with Gasteiger partial charge < -0.3 is 14.2 Å². The van der Waals surface area contributed by atoms with Crippen molar-refractivity contribution >= 4 is 29.3 Å². The summed E-state index contributed by atoms with van der Waals surface area (Å²) in [6.45, 7) is 1.74. The second kappa shape index (κ2) is 7.58. The zero-order chi connectivity index (χ0) is 17.7. The van der Waals surface area contributed by atoms with Crippen molar-refractivity contribution in [2.45, 2.75) is 13.0 Å². The summed E-state index contributed by atoms with van der Waals surface area (Å²) in [5.74, 6) is -3.49. The number of carbonyl (C=O) groups excluding carboxylic acids is 3. The minimum atomic E-state index is -1.23. The lowest BCUT2D eigenvalue weighted by molar-refractivity contribution is -0.151. The third-order valence-electron chi connectivity index (χ3n) is 3.49. The van der Waals surface area contributed by atoms with Crippen LogP contribution < -0.4 is 5.01 Å². The molecule has 0 fully saturated rings. The Bertz CT molecular complexity index is 658. The Morgan fingerprint density at radius 3 is 2.25 bits per heavy atom. The minimum absolute atomic E-state index is 0.111. The third-order valence-corrected chi connectivity index (χ3v) is 3.49. The van der Waals surface area contributed by atoms with E-state index in [0.29, 0.717) is 5.69 Å². The van der Waals surface area contributed by atoms with Gasteiger partial charge in [-0.1, -0.05) is 18.2 Å². The molecule has 0 saturated carbocycles. The second-order valence-electron chi connectivity index (χ2n) is 4.85. The summed E-state index contributed by atoms with van der Waals surface area (Å²) >= 11 is 0. The summed E-state index contributed by atoms with van der Waals surface area (Å²) in [5, 5.41) is 5.43. The normalized spacial score (nSPS) is 19.5. The van der Waals surface area contributed by atoms with E-state index in [1.807, 2.05) is 0 Å². The molecule has 0 saturated heterocycles. The van der Waals surface area contributed by atoms with Crippen LogP contribution in [0.2, 0.25) is 0 Å². The number of hydrogen-bond acceptors (Lipinski definition) is 8. The van der Waals surface area contributed by atoms with Crippen molar-refractivity contribution in [1.29, 1.82) is 0 Å². The van der Waals surface area contributed by atoms with Gasteiger partial charge >= 0.3 is 17.9 Å². The summed E-state index contributed by atoms with van der Waals surface area (Å²) in [6.07, 6.45) is 0. The second-order valence-corrected chi connectivity index (χ2v) is 4.85. The molecule has 1 aromatic rings. The molecule has 0 aliphatic carbocycles. The number of anilines is 1. The molecule has 1 unspecified atom stereocenters. The van der Waals surface area contributed by atoms with Gasteiger partial charge in [-0.3, -0.25) is 4.79 Å². The Kier molecular flexibility index (Phi) is 5.51. The van der Waals surface area contributed by atoms with E-state index in [2.05, 4.69) is 5.10 Å². The third kappa shape index (κ3) is 3.22. The fourth-order valence-electron chi connectivity index (χ4n) is 2.43. The van der Waals surface area contributed by atoms with Crippen LogP contribution in [-0.2, 0) is 28.6 Å². The highest BCUT2D eigenvalue weighted by atomic mass is 16.5. The molecule has 8 nitrogen and oxygen atoms in total. The van der Waals surface area contributed by atoms with Gasteiger partial charge in [-0.15, -0.1) is 0 Å². The molecule has 1 aromatic carbocycles. The topological polar surface area (TPSA) is 94.5 Å². The Morgan fingerprint density at radius 2 is 1.71 bits per heavy atom. The zero-order valence-corrected chi connectivity index (χ0v) is 13.6. The smallest absolute Gasteiger partial charge is 0.355 e. The molecule has 1 heterocycles. The average molecular weight is 334 g/mol. The summed E-state index contributed by atoms with van der Waals surface area (Å²) in [6, 6.07) is 7.53. The number of rotatable bonds is 5. The minimum Gasteiger partial charge on any atom is -0.468 e. The molecule has 128 valence electrons. The fourth-order valence-corrected chi connectivity index (χ4v) is 2.43. The number of para-hydroxylation sites is 1. The molecule has 0 aromatic heterocycles. The number of esters is 3. The predicted molar refractivity (Wildman–Crippen MR) is 84.3 cm³/mol. The van der Waals surface area contributed by atoms with E-state index in [1.165, 1.54) is 19.2 Å². The van der Waals surface area contributed by atoms with Crippen molar-refractivity contribution in [1.82, 2.24) is 0 Å². The molecule has 0 radical (unpaired) electrons. The maximum atomic E-state index is 12.3. The van der Waals surface area contributed by atoms with Crippen LogP contribution in [0.4, 0.5) is 5.69 Å². The van der Waals surface area contributed by atoms with Gasteiger partial charge in [0.05, 0.1) is 26.5 Å². The molecule has 2 atom stereocenters. The van der Waals surface area contributed by atoms with E-state index >= 15 is 0 Å². The van der Waals surface area contributed by atoms with Crippen molar-refractivity contribution in [3.8, 4) is 0 Å². The van der Waals surface area contributed by atoms with Crippen molar-refractivity contribution in [2.24, 2.45) is 11.0 Å². The number of carbonyl (C=O) groups is 3. The molecular weight excluding hydrogens is 316 g/mol. The molecule has 1 aliphatic rings. The lowest BCUT2D eigenvalue weighted by Gasteiger charge is -2.24. The van der Waals surface area contributed by atoms with Gasteiger partial charge in [0.1, 0.15) is 5.92 Å². The number of methoxy groups -OCH3 is 2. The van der Waals surface area contributed by atoms with E-state index in [0.717, 1.165) is 0 Å². The Labute approximate surface area is 139 Å². The van der Waals surface area contributed by atoms with Gasteiger partial charge in [0.2, 0.25) is 0 Å². The first-order chi connectivity index (χ1) is 11.5. The van der Waals surface area contributed by atoms with Gasteiger partial charge in [-0.2, -0.15) is 5.10 Å². The summed E-state index contributed by atoms with van der Waals surface area (Å²) < 4.78 is 14.5. The zero-order valence-electron chi connectivity index (χ0n) is 13.6. The van der Waals surface area contributed by atoms with Gasteiger partial charge in [0.25, 0.3) is 0 Å². The number of hydrazone groups is 1. The van der Waals surface area contributed by atoms with E-state index < -0.39 is 29.9 Å². The first-order valence-electron chi connectivity index (χ1n) is 7.30. The summed E-state index contributed by atoms with van der Waals surface area (Å²) in [7, 11) is 2.37. The molecule has 24 heavy (non-hydrogen) atoms. The molecule has 2 rings (SSSR count). The maximum absolute atomic E-state index is 12.3. The summed E-state index contributed by atoms with van der Waals surface area (Å²) in [5.41, 5.74) is 0.337. The van der Waals surface area contributed by atoms with Gasteiger partial charge in [0, 0.05) is 0 Å².